The smallest absolute Gasteiger partial charge is 0.230 e. The van der Waals surface area contributed by atoms with Crippen molar-refractivity contribution in [2.45, 2.75) is 10.4 Å². The zero-order valence-electron chi connectivity index (χ0n) is 12.5. The second-order valence-corrected chi connectivity index (χ2v) is 7.12. The van der Waals surface area contributed by atoms with Crippen molar-refractivity contribution in [3.8, 4) is 0 Å². The molecular weight excluding hydrogens is 318 g/mol. The van der Waals surface area contributed by atoms with Gasteiger partial charge < -0.3 is 16.0 Å². The maximum atomic E-state index is 12.0. The molecule has 0 radical (unpaired) electrons. The van der Waals surface area contributed by atoms with Gasteiger partial charge in [-0.3, -0.25) is 4.79 Å². The van der Waals surface area contributed by atoms with Gasteiger partial charge in [0.1, 0.15) is 0 Å². The molecule has 8 heteroatoms. The molecule has 0 spiro atoms. The van der Waals surface area contributed by atoms with E-state index in [9.17, 15) is 4.79 Å². The van der Waals surface area contributed by atoms with Crippen molar-refractivity contribution in [3.63, 3.8) is 0 Å². The van der Waals surface area contributed by atoms with Crippen molar-refractivity contribution in [3.05, 3.63) is 35.9 Å². The maximum absolute atomic E-state index is 12.0. The number of aromatic nitrogens is 2. The van der Waals surface area contributed by atoms with Gasteiger partial charge in [-0.25, -0.2) is 0 Å². The van der Waals surface area contributed by atoms with Crippen molar-refractivity contribution in [2.75, 3.05) is 32.1 Å². The van der Waals surface area contributed by atoms with Crippen LogP contribution in [0, 0.1) is 0 Å². The number of likely N-dealkylation sites (N-methyl/N-ethyl adjacent to an activating group) is 1. The van der Waals surface area contributed by atoms with Crippen molar-refractivity contribution >= 4 is 34.1 Å². The normalized spacial score (nSPS) is 12.3. The van der Waals surface area contributed by atoms with Gasteiger partial charge in [-0.2, -0.15) is 0 Å². The van der Waals surface area contributed by atoms with Crippen molar-refractivity contribution in [1.29, 1.82) is 0 Å². The van der Waals surface area contributed by atoms with E-state index in [4.69, 9.17) is 5.73 Å². The Hall–Kier alpha value is -1.64. The largest absolute Gasteiger partial charge is 0.374 e. The van der Waals surface area contributed by atoms with E-state index in [0.29, 0.717) is 21.8 Å². The average molecular weight is 337 g/mol. The molecule has 1 atom stereocenters. The van der Waals surface area contributed by atoms with Crippen LogP contribution in [0.4, 0.5) is 5.13 Å². The van der Waals surface area contributed by atoms with Gasteiger partial charge in [-0.05, 0) is 19.7 Å². The lowest BCUT2D eigenvalue weighted by Crippen LogP contribution is -2.35. The molecule has 22 heavy (non-hydrogen) atoms. The van der Waals surface area contributed by atoms with Crippen LogP contribution in [0.25, 0.3) is 0 Å². The second-order valence-electron chi connectivity index (χ2n) is 4.89. The highest BCUT2D eigenvalue weighted by Gasteiger charge is 2.15. The number of thioether (sulfide) groups is 1. The summed E-state index contributed by atoms with van der Waals surface area (Å²) >= 11 is 2.63. The SMILES string of the molecule is CN(C)[C@@H](CNC(=O)CSc1nnc(N)s1)c1ccccc1. The summed E-state index contributed by atoms with van der Waals surface area (Å²) in [5.74, 6) is 0.283. The third-order valence-electron chi connectivity index (χ3n) is 3.05. The molecule has 0 unspecified atom stereocenters. The molecule has 0 bridgehead atoms. The lowest BCUT2D eigenvalue weighted by Gasteiger charge is -2.25. The number of rotatable bonds is 7. The maximum Gasteiger partial charge on any atom is 0.230 e. The molecule has 0 aliphatic rings. The lowest BCUT2D eigenvalue weighted by molar-refractivity contribution is -0.118. The predicted molar refractivity (Wildman–Crippen MR) is 90.9 cm³/mol. The Morgan fingerprint density at radius 3 is 2.68 bits per heavy atom. The highest BCUT2D eigenvalue weighted by atomic mass is 32.2. The van der Waals surface area contributed by atoms with Crippen molar-refractivity contribution in [1.82, 2.24) is 20.4 Å². The van der Waals surface area contributed by atoms with E-state index in [-0.39, 0.29) is 11.9 Å². The number of benzene rings is 1. The van der Waals surface area contributed by atoms with E-state index in [1.807, 2.05) is 32.3 Å². The molecule has 6 nitrogen and oxygen atoms in total. The van der Waals surface area contributed by atoms with Crippen LogP contribution in [0.3, 0.4) is 0 Å². The van der Waals surface area contributed by atoms with Crippen LogP contribution in [0.2, 0.25) is 0 Å². The van der Waals surface area contributed by atoms with E-state index < -0.39 is 0 Å². The number of hydrogen-bond acceptors (Lipinski definition) is 7. The van der Waals surface area contributed by atoms with Crippen molar-refractivity contribution in [2.24, 2.45) is 0 Å². The molecule has 0 saturated carbocycles. The van der Waals surface area contributed by atoms with Crippen LogP contribution in [-0.4, -0.2) is 47.4 Å². The summed E-state index contributed by atoms with van der Waals surface area (Å²) in [5, 5.41) is 11.0. The molecule has 0 saturated heterocycles. The molecule has 2 aromatic rings. The first-order valence-electron chi connectivity index (χ1n) is 6.76. The molecule has 0 aliphatic carbocycles. The van der Waals surface area contributed by atoms with E-state index >= 15 is 0 Å². The van der Waals surface area contributed by atoms with Crippen molar-refractivity contribution < 1.29 is 4.79 Å². The highest BCUT2D eigenvalue weighted by molar-refractivity contribution is 8.01. The summed E-state index contributed by atoms with van der Waals surface area (Å²) in [6.45, 7) is 0.564. The van der Waals surface area contributed by atoms with E-state index in [0.717, 1.165) is 0 Å². The molecule has 118 valence electrons. The molecular formula is C14H19N5OS2. The van der Waals surface area contributed by atoms with Gasteiger partial charge in [0.2, 0.25) is 11.0 Å². The van der Waals surface area contributed by atoms with E-state index in [2.05, 4.69) is 32.5 Å². The van der Waals surface area contributed by atoms with Crippen LogP contribution < -0.4 is 11.1 Å². The van der Waals surface area contributed by atoms with Crippen LogP contribution in [-0.2, 0) is 4.79 Å². The molecule has 2 rings (SSSR count). The third-order valence-corrected chi connectivity index (χ3v) is 4.93. The van der Waals surface area contributed by atoms with Gasteiger partial charge in [-0.1, -0.05) is 53.4 Å². The molecule has 3 N–H and O–H groups in total. The molecule has 1 aromatic carbocycles. The Kier molecular flexibility index (Phi) is 6.17. The molecule has 1 amide bonds. The molecule has 0 aliphatic heterocycles. The standard InChI is InChI=1S/C14H19N5OS2/c1-19(2)11(10-6-4-3-5-7-10)8-16-12(20)9-21-14-18-17-13(15)22-14/h3-7,11H,8-9H2,1-2H3,(H2,15,17)(H,16,20)/t11-/m0/s1. The lowest BCUT2D eigenvalue weighted by atomic mass is 10.1. The number of hydrogen-bond donors (Lipinski definition) is 2. The third kappa shape index (κ3) is 4.97. The van der Waals surface area contributed by atoms with Gasteiger partial charge in [0.25, 0.3) is 0 Å². The Morgan fingerprint density at radius 2 is 2.09 bits per heavy atom. The summed E-state index contributed by atoms with van der Waals surface area (Å²) < 4.78 is 0.708. The zero-order chi connectivity index (χ0) is 15.9. The first kappa shape index (κ1) is 16.7. The second kappa shape index (κ2) is 8.11. The molecule has 1 aromatic heterocycles. The zero-order valence-corrected chi connectivity index (χ0v) is 14.2. The Balaban J connectivity index is 1.83. The van der Waals surface area contributed by atoms with Gasteiger partial charge in [0.15, 0.2) is 4.34 Å². The number of carbonyl (C=O) groups is 1. The minimum Gasteiger partial charge on any atom is -0.374 e. The number of anilines is 1. The highest BCUT2D eigenvalue weighted by Crippen LogP contribution is 2.23. The quantitative estimate of drug-likeness (QED) is 0.747. The van der Waals surface area contributed by atoms with E-state index in [1.165, 1.54) is 28.7 Å². The Labute approximate surface area is 138 Å². The summed E-state index contributed by atoms with van der Waals surface area (Å²) in [4.78, 5) is 14.0. The van der Waals surface area contributed by atoms with Gasteiger partial charge in [0.05, 0.1) is 11.8 Å². The first-order chi connectivity index (χ1) is 10.6. The number of nitrogens with one attached hydrogen (secondary N) is 1. The summed E-state index contributed by atoms with van der Waals surface area (Å²) in [6.07, 6.45) is 0. The topological polar surface area (TPSA) is 84.1 Å². The Bertz CT molecular complexity index is 602. The fourth-order valence-corrected chi connectivity index (χ4v) is 3.41. The number of amides is 1. The van der Waals surface area contributed by atoms with Crippen LogP contribution in [0.15, 0.2) is 34.7 Å². The summed E-state index contributed by atoms with van der Waals surface area (Å²) in [6, 6.07) is 10.3. The number of nitrogens with zero attached hydrogens (tertiary/aromatic N) is 3. The number of nitrogen functional groups attached to an aromatic ring is 1. The van der Waals surface area contributed by atoms with Gasteiger partial charge in [0, 0.05) is 6.54 Å². The summed E-state index contributed by atoms with van der Waals surface area (Å²) in [5.41, 5.74) is 6.68. The molecule has 1 heterocycles. The fraction of sp³-hybridized carbons (Fsp3) is 0.357. The van der Waals surface area contributed by atoms with E-state index in [1.54, 1.807) is 0 Å². The minimum absolute atomic E-state index is 0.0263. The van der Waals surface area contributed by atoms with Crippen LogP contribution in [0.1, 0.15) is 11.6 Å². The van der Waals surface area contributed by atoms with Gasteiger partial charge >= 0.3 is 0 Å². The minimum atomic E-state index is -0.0263. The average Bonchev–Trinajstić information content (AvgIpc) is 2.92. The molecule has 0 fully saturated rings. The van der Waals surface area contributed by atoms with Crippen LogP contribution in [0.5, 0.6) is 0 Å². The first-order valence-corrected chi connectivity index (χ1v) is 8.56. The number of nitrogens with two attached hydrogens (primary N) is 1. The van der Waals surface area contributed by atoms with Crippen LogP contribution >= 0.6 is 23.1 Å². The Morgan fingerprint density at radius 1 is 1.36 bits per heavy atom. The van der Waals surface area contributed by atoms with Gasteiger partial charge in [-0.15, -0.1) is 10.2 Å². The monoisotopic (exact) mass is 337 g/mol. The fourth-order valence-electron chi connectivity index (χ4n) is 1.94. The summed E-state index contributed by atoms with van der Waals surface area (Å²) in [7, 11) is 4.01. The predicted octanol–water partition coefficient (Wildman–Crippen LogP) is 1.63. The number of carbonyl (C=O) groups excluding carboxylic acids is 1.